The second kappa shape index (κ2) is 5.08. The van der Waals surface area contributed by atoms with E-state index in [9.17, 15) is 4.79 Å². The Labute approximate surface area is 121 Å². The average molecular weight is 284 g/mol. The first-order valence-electron chi connectivity index (χ1n) is 6.35. The lowest BCUT2D eigenvalue weighted by Gasteiger charge is -2.24. The Balaban J connectivity index is 2.10. The van der Waals surface area contributed by atoms with Crippen LogP contribution >= 0.6 is 0 Å². The highest BCUT2D eigenvalue weighted by atomic mass is 16.7. The van der Waals surface area contributed by atoms with E-state index in [-0.39, 0.29) is 10.3 Å². The van der Waals surface area contributed by atoms with Gasteiger partial charge >= 0.3 is 5.97 Å². The quantitative estimate of drug-likeness (QED) is 0.629. The highest BCUT2D eigenvalue weighted by Gasteiger charge is 2.42. The van der Waals surface area contributed by atoms with Crippen molar-refractivity contribution >= 4 is 24.2 Å². The fourth-order valence-electron chi connectivity index (χ4n) is 2.26. The molecule has 0 saturated carbocycles. The van der Waals surface area contributed by atoms with Gasteiger partial charge in [-0.3, -0.25) is 0 Å². The summed E-state index contributed by atoms with van der Waals surface area (Å²) < 4.78 is 4.58. The van der Waals surface area contributed by atoms with Crippen LogP contribution in [0.1, 0.15) is 5.56 Å². The monoisotopic (exact) mass is 284 g/mol. The predicted molar refractivity (Wildman–Crippen MR) is 77.7 cm³/mol. The largest absolute Gasteiger partial charge is 0.464 e. The first kappa shape index (κ1) is 13.4. The number of nitrogens with zero attached hydrogens (tertiary/aromatic N) is 3. The summed E-state index contributed by atoms with van der Waals surface area (Å²) in [5, 5.41) is 0. The number of hydrogen-bond acceptors (Lipinski definition) is 5. The Morgan fingerprint density at radius 2 is 1.90 bits per heavy atom. The van der Waals surface area contributed by atoms with Crippen molar-refractivity contribution in [1.29, 1.82) is 0 Å². The number of fused-ring (bicyclic) bond motifs is 1. The molecule has 2 aliphatic heterocycles. The highest BCUT2D eigenvalue weighted by molar-refractivity contribution is 5.99. The summed E-state index contributed by atoms with van der Waals surface area (Å²) in [5.74, 6) is -0.513. The number of quaternary nitrogens is 1. The van der Waals surface area contributed by atoms with Gasteiger partial charge in [-0.25, -0.2) is 9.79 Å². The molecule has 3 rings (SSSR count). The number of allylic oxidation sites excluding steroid dienone is 1. The molecule has 0 bridgehead atoms. The molecule has 2 aliphatic rings. The van der Waals surface area contributed by atoms with Crippen LogP contribution in [0, 0.1) is 0 Å². The molecule has 1 unspecified atom stereocenters. The van der Waals surface area contributed by atoms with Crippen molar-refractivity contribution < 1.29 is 19.0 Å². The molecule has 2 heterocycles. The summed E-state index contributed by atoms with van der Waals surface area (Å²) >= 11 is 0. The number of hydroxylamine groups is 3. The Bertz CT molecular complexity index is 704. The van der Waals surface area contributed by atoms with Crippen LogP contribution in [0.15, 0.2) is 57.9 Å². The van der Waals surface area contributed by atoms with Crippen molar-refractivity contribution in [2.45, 2.75) is 0 Å². The molecule has 106 valence electrons. The summed E-state index contributed by atoms with van der Waals surface area (Å²) in [6.45, 7) is 0. The van der Waals surface area contributed by atoms with Crippen LogP contribution in [0.25, 0.3) is 5.70 Å². The summed E-state index contributed by atoms with van der Waals surface area (Å²) in [6, 6.07) is 9.74. The number of ether oxygens (including phenoxy) is 1. The van der Waals surface area contributed by atoms with Crippen molar-refractivity contribution in [2.75, 3.05) is 14.2 Å². The summed E-state index contributed by atoms with van der Waals surface area (Å²) in [4.78, 5) is 25.7. The van der Waals surface area contributed by atoms with Crippen molar-refractivity contribution in [3.05, 3.63) is 53.5 Å². The second-order valence-electron chi connectivity index (χ2n) is 4.50. The molecule has 0 radical (unpaired) electrons. The number of carbonyl (C=O) groups is 1. The first-order chi connectivity index (χ1) is 10.2. The van der Waals surface area contributed by atoms with E-state index in [0.29, 0.717) is 0 Å². The maximum absolute atomic E-state index is 11.6. The van der Waals surface area contributed by atoms with Gasteiger partial charge in [0.2, 0.25) is 17.7 Å². The lowest BCUT2D eigenvalue weighted by Crippen LogP contribution is -2.40. The predicted octanol–water partition coefficient (Wildman–Crippen LogP) is 1.87. The molecule has 0 aliphatic carbocycles. The zero-order chi connectivity index (χ0) is 14.9. The smallest absolute Gasteiger partial charge is 0.362 e. The minimum atomic E-state index is -0.513. The molecule has 0 fully saturated rings. The number of hydrogen-bond donors (Lipinski definition) is 0. The SMILES string of the molecule is COC(=O)C1=C[N+]2(OC)C=NC(c3ccccc3)=C2C=N1. The van der Waals surface area contributed by atoms with Crippen LogP contribution in [0.3, 0.4) is 0 Å². The van der Waals surface area contributed by atoms with Crippen LogP contribution in [-0.2, 0) is 14.4 Å². The van der Waals surface area contributed by atoms with Crippen LogP contribution in [0.4, 0.5) is 0 Å². The van der Waals surface area contributed by atoms with Crippen molar-refractivity contribution in [3.63, 3.8) is 0 Å². The van der Waals surface area contributed by atoms with Gasteiger partial charge in [0.15, 0.2) is 6.20 Å². The Kier molecular flexibility index (Phi) is 3.25. The van der Waals surface area contributed by atoms with Crippen LogP contribution in [0.2, 0.25) is 0 Å². The van der Waals surface area contributed by atoms with Crippen molar-refractivity contribution in [3.8, 4) is 0 Å². The number of esters is 1. The van der Waals surface area contributed by atoms with Crippen molar-refractivity contribution in [1.82, 2.24) is 0 Å². The lowest BCUT2D eigenvalue weighted by molar-refractivity contribution is -0.947. The zero-order valence-corrected chi connectivity index (χ0v) is 11.7. The van der Waals surface area contributed by atoms with Gasteiger partial charge in [0, 0.05) is 5.56 Å². The molecule has 0 saturated heterocycles. The molecule has 1 aromatic carbocycles. The van der Waals surface area contributed by atoms with E-state index in [4.69, 9.17) is 9.57 Å². The molecule has 1 aromatic rings. The van der Waals surface area contributed by atoms with Gasteiger partial charge in [0.25, 0.3) is 0 Å². The van der Waals surface area contributed by atoms with Gasteiger partial charge < -0.3 is 4.74 Å². The second-order valence-corrected chi connectivity index (χ2v) is 4.50. The topological polar surface area (TPSA) is 60.2 Å². The summed E-state index contributed by atoms with van der Waals surface area (Å²) in [7, 11) is 2.86. The van der Waals surface area contributed by atoms with Gasteiger partial charge in [-0.05, 0) is 0 Å². The number of carbonyl (C=O) groups excluding carboxylic acids is 1. The van der Waals surface area contributed by atoms with Gasteiger partial charge in [-0.1, -0.05) is 35.0 Å². The number of rotatable bonds is 3. The molecule has 6 heteroatoms. The summed E-state index contributed by atoms with van der Waals surface area (Å²) in [6.07, 6.45) is 4.78. The van der Waals surface area contributed by atoms with E-state index in [1.165, 1.54) is 7.11 Å². The summed E-state index contributed by atoms with van der Waals surface area (Å²) in [5.41, 5.74) is 2.66. The van der Waals surface area contributed by atoms with Crippen LogP contribution in [-0.4, -0.2) is 37.4 Å². The van der Waals surface area contributed by atoms with E-state index in [0.717, 1.165) is 17.0 Å². The van der Waals surface area contributed by atoms with Crippen LogP contribution in [0.5, 0.6) is 0 Å². The standard InChI is InChI=1S/C15H14N3O3/c1-20-15(19)12-9-18(21-2)10-17-14(13(18)8-16-12)11-6-4-3-5-7-11/h3-10H,1-2H3/q+1. The third-order valence-corrected chi connectivity index (χ3v) is 3.36. The number of benzene rings is 1. The maximum atomic E-state index is 11.6. The van der Waals surface area contributed by atoms with E-state index in [2.05, 4.69) is 9.98 Å². The minimum Gasteiger partial charge on any atom is -0.464 e. The fraction of sp³-hybridized carbons (Fsp3) is 0.133. The molecule has 21 heavy (non-hydrogen) atoms. The molecule has 0 spiro atoms. The molecule has 1 atom stereocenters. The van der Waals surface area contributed by atoms with E-state index >= 15 is 0 Å². The van der Waals surface area contributed by atoms with E-state index in [1.54, 1.807) is 25.9 Å². The first-order valence-corrected chi connectivity index (χ1v) is 6.35. The molecule has 0 aromatic heterocycles. The molecular formula is C15H14N3O3+. The average Bonchev–Trinajstić information content (AvgIpc) is 2.94. The Hall–Kier alpha value is -2.57. The minimum absolute atomic E-state index is 0.113. The zero-order valence-electron chi connectivity index (χ0n) is 11.7. The van der Waals surface area contributed by atoms with E-state index in [1.807, 2.05) is 30.3 Å². The Morgan fingerprint density at radius 3 is 2.57 bits per heavy atom. The number of methoxy groups -OCH3 is 1. The van der Waals surface area contributed by atoms with Crippen LogP contribution < -0.4 is 0 Å². The van der Waals surface area contributed by atoms with Gasteiger partial charge in [0.1, 0.15) is 5.70 Å². The normalized spacial score (nSPS) is 23.0. The number of aliphatic imine (C=N–C) groups is 2. The van der Waals surface area contributed by atoms with Gasteiger partial charge in [0.05, 0.1) is 20.4 Å². The van der Waals surface area contributed by atoms with Gasteiger partial charge in [-0.2, -0.15) is 9.83 Å². The highest BCUT2D eigenvalue weighted by Crippen LogP contribution is 2.35. The van der Waals surface area contributed by atoms with Crippen molar-refractivity contribution in [2.24, 2.45) is 9.98 Å². The third-order valence-electron chi connectivity index (χ3n) is 3.36. The Morgan fingerprint density at radius 1 is 1.14 bits per heavy atom. The molecular weight excluding hydrogens is 270 g/mol. The van der Waals surface area contributed by atoms with Gasteiger partial charge in [-0.15, -0.1) is 0 Å². The maximum Gasteiger partial charge on any atom is 0.362 e. The lowest BCUT2D eigenvalue weighted by atomic mass is 10.1. The fourth-order valence-corrected chi connectivity index (χ4v) is 2.26. The molecule has 6 nitrogen and oxygen atoms in total. The third kappa shape index (κ3) is 2.10. The molecule has 0 amide bonds. The molecule has 0 N–H and O–H groups in total. The van der Waals surface area contributed by atoms with E-state index < -0.39 is 5.97 Å².